The monoisotopic (exact) mass is 341 g/mol. The van der Waals surface area contributed by atoms with Gasteiger partial charge in [0.15, 0.2) is 0 Å². The average molecular weight is 342 g/mol. The molecule has 0 aliphatic heterocycles. The molecular weight excluding hydrogens is 326 g/mol. The number of ether oxygens (including phenoxy) is 1. The van der Waals surface area contributed by atoms with Crippen molar-refractivity contribution in [3.63, 3.8) is 0 Å². The summed E-state index contributed by atoms with van der Waals surface area (Å²) in [4.78, 5) is 20.4. The number of amides is 1. The minimum atomic E-state index is -0.214. The highest BCUT2D eigenvalue weighted by atomic mass is 35.5. The number of hydrogen-bond donors (Lipinski definition) is 1. The van der Waals surface area contributed by atoms with Crippen LogP contribution in [-0.2, 0) is 4.79 Å². The number of rotatable bonds is 4. The minimum absolute atomic E-state index is 0.0253. The third-order valence-electron chi connectivity index (χ3n) is 3.72. The summed E-state index contributed by atoms with van der Waals surface area (Å²) in [5.74, 6) is 0.791. The van der Waals surface area contributed by atoms with E-state index >= 15 is 0 Å². The Hall–Kier alpha value is -2.66. The van der Waals surface area contributed by atoms with E-state index in [0.29, 0.717) is 27.7 Å². The van der Waals surface area contributed by atoms with Gasteiger partial charge in [0.25, 0.3) is 0 Å². The smallest absolute Gasteiger partial charge is 0.238 e. The Morgan fingerprint density at radius 1 is 1.17 bits per heavy atom. The normalized spacial score (nSPS) is 12.0. The van der Waals surface area contributed by atoms with E-state index in [-0.39, 0.29) is 11.8 Å². The Morgan fingerprint density at radius 2 is 1.92 bits per heavy atom. The van der Waals surface area contributed by atoms with Gasteiger partial charge in [-0.2, -0.15) is 0 Å². The number of hydrogen-bond acceptors (Lipinski definition) is 4. The van der Waals surface area contributed by atoms with Gasteiger partial charge in [0.1, 0.15) is 5.75 Å². The van der Waals surface area contributed by atoms with E-state index in [2.05, 4.69) is 15.3 Å². The second-order valence-electron chi connectivity index (χ2n) is 5.35. The topological polar surface area (TPSA) is 64.1 Å². The van der Waals surface area contributed by atoms with Gasteiger partial charge in [-0.25, -0.2) is 9.97 Å². The highest BCUT2D eigenvalue weighted by Gasteiger charge is 2.13. The standard InChI is InChI=1S/C18H16ClN3O2/c1-11(18(23)20-2)12-3-6-14(7-4-12)24-17-10-21-16-9-13(19)5-8-15(16)22-17/h3-11H,1-2H3,(H,20,23). The van der Waals surface area contributed by atoms with Crippen molar-refractivity contribution in [2.24, 2.45) is 0 Å². The van der Waals surface area contributed by atoms with Gasteiger partial charge < -0.3 is 10.1 Å². The summed E-state index contributed by atoms with van der Waals surface area (Å²) in [7, 11) is 1.63. The molecule has 6 heteroatoms. The zero-order valence-electron chi connectivity index (χ0n) is 13.3. The van der Waals surface area contributed by atoms with Crippen molar-refractivity contribution in [3.8, 4) is 11.6 Å². The summed E-state index contributed by atoms with van der Waals surface area (Å²) in [6, 6.07) is 12.7. The predicted octanol–water partition coefficient (Wildman–Crippen LogP) is 3.93. The molecule has 0 bridgehead atoms. The summed E-state index contributed by atoms with van der Waals surface area (Å²) < 4.78 is 5.73. The molecule has 122 valence electrons. The SMILES string of the molecule is CNC(=O)C(C)c1ccc(Oc2cnc3cc(Cl)ccc3n2)cc1. The third kappa shape index (κ3) is 3.46. The van der Waals surface area contributed by atoms with Crippen molar-refractivity contribution in [1.82, 2.24) is 15.3 Å². The van der Waals surface area contributed by atoms with Crippen LogP contribution < -0.4 is 10.1 Å². The average Bonchev–Trinajstić information content (AvgIpc) is 2.61. The third-order valence-corrected chi connectivity index (χ3v) is 3.96. The zero-order valence-corrected chi connectivity index (χ0v) is 14.0. The van der Waals surface area contributed by atoms with E-state index < -0.39 is 0 Å². The second kappa shape index (κ2) is 6.84. The van der Waals surface area contributed by atoms with E-state index in [4.69, 9.17) is 16.3 Å². The Labute approximate surface area is 144 Å². The number of benzene rings is 2. The lowest BCUT2D eigenvalue weighted by Crippen LogP contribution is -2.23. The number of halogens is 1. The first-order valence-corrected chi connectivity index (χ1v) is 7.86. The zero-order chi connectivity index (χ0) is 17.1. The lowest BCUT2D eigenvalue weighted by atomic mass is 10.0. The molecule has 3 aromatic rings. The quantitative estimate of drug-likeness (QED) is 0.781. The van der Waals surface area contributed by atoms with Crippen LogP contribution in [0.2, 0.25) is 5.02 Å². The van der Waals surface area contributed by atoms with Gasteiger partial charge >= 0.3 is 0 Å². The van der Waals surface area contributed by atoms with E-state index in [1.807, 2.05) is 31.2 Å². The molecule has 5 nitrogen and oxygen atoms in total. The van der Waals surface area contributed by atoms with E-state index in [1.165, 1.54) is 0 Å². The van der Waals surface area contributed by atoms with Crippen LogP contribution in [0.4, 0.5) is 0 Å². The molecule has 1 unspecified atom stereocenters. The Balaban J connectivity index is 1.78. The maximum absolute atomic E-state index is 11.7. The summed E-state index contributed by atoms with van der Waals surface area (Å²) in [5, 5.41) is 3.26. The van der Waals surface area contributed by atoms with Crippen LogP contribution in [0.5, 0.6) is 11.6 Å². The van der Waals surface area contributed by atoms with Gasteiger partial charge in [-0.15, -0.1) is 0 Å². The largest absolute Gasteiger partial charge is 0.437 e. The molecule has 1 heterocycles. The first-order valence-electron chi connectivity index (χ1n) is 7.48. The van der Waals surface area contributed by atoms with Crippen LogP contribution in [0.3, 0.4) is 0 Å². The van der Waals surface area contributed by atoms with Crippen LogP contribution in [0, 0.1) is 0 Å². The van der Waals surface area contributed by atoms with Gasteiger partial charge in [0.05, 0.1) is 23.1 Å². The number of likely N-dealkylation sites (N-methyl/N-ethyl adjacent to an activating group) is 1. The van der Waals surface area contributed by atoms with Crippen molar-refractivity contribution < 1.29 is 9.53 Å². The number of carbonyl (C=O) groups excluding carboxylic acids is 1. The Morgan fingerprint density at radius 3 is 2.62 bits per heavy atom. The number of nitrogens with one attached hydrogen (secondary N) is 1. The fraction of sp³-hybridized carbons (Fsp3) is 0.167. The van der Waals surface area contributed by atoms with Crippen LogP contribution in [0.25, 0.3) is 11.0 Å². The first-order chi connectivity index (χ1) is 11.6. The summed E-state index contributed by atoms with van der Waals surface area (Å²) >= 11 is 5.93. The van der Waals surface area contributed by atoms with Crippen LogP contribution in [0.15, 0.2) is 48.7 Å². The number of nitrogens with zero attached hydrogens (tertiary/aromatic N) is 2. The van der Waals surface area contributed by atoms with Gasteiger partial charge in [0.2, 0.25) is 11.8 Å². The van der Waals surface area contributed by atoms with E-state index in [9.17, 15) is 4.79 Å². The van der Waals surface area contributed by atoms with E-state index in [1.54, 1.807) is 31.4 Å². The Kier molecular flexibility index (Phi) is 4.62. The lowest BCUT2D eigenvalue weighted by Gasteiger charge is -2.11. The number of carbonyl (C=O) groups is 1. The molecule has 0 aliphatic rings. The molecule has 0 aliphatic carbocycles. The molecule has 3 rings (SSSR count). The van der Waals surface area contributed by atoms with Gasteiger partial charge in [-0.3, -0.25) is 4.79 Å². The fourth-order valence-corrected chi connectivity index (χ4v) is 2.50. The molecule has 24 heavy (non-hydrogen) atoms. The molecule has 0 saturated carbocycles. The van der Waals surface area contributed by atoms with Crippen LogP contribution in [-0.4, -0.2) is 22.9 Å². The van der Waals surface area contributed by atoms with Crippen molar-refractivity contribution in [1.29, 1.82) is 0 Å². The van der Waals surface area contributed by atoms with Crippen molar-refractivity contribution in [2.75, 3.05) is 7.05 Å². The van der Waals surface area contributed by atoms with E-state index in [0.717, 1.165) is 5.56 Å². The Bertz CT molecular complexity index is 881. The van der Waals surface area contributed by atoms with Gasteiger partial charge in [-0.1, -0.05) is 23.7 Å². The molecule has 2 aromatic carbocycles. The first kappa shape index (κ1) is 16.2. The maximum atomic E-state index is 11.7. The van der Waals surface area contributed by atoms with Crippen molar-refractivity contribution >= 4 is 28.5 Å². The predicted molar refractivity (Wildman–Crippen MR) is 93.5 cm³/mol. The summed E-state index contributed by atoms with van der Waals surface area (Å²) in [6.45, 7) is 1.86. The molecule has 0 spiro atoms. The number of fused-ring (bicyclic) bond motifs is 1. The highest BCUT2D eigenvalue weighted by molar-refractivity contribution is 6.31. The van der Waals surface area contributed by atoms with Crippen molar-refractivity contribution in [2.45, 2.75) is 12.8 Å². The van der Waals surface area contributed by atoms with Crippen LogP contribution >= 0.6 is 11.6 Å². The highest BCUT2D eigenvalue weighted by Crippen LogP contribution is 2.24. The molecule has 0 fully saturated rings. The molecular formula is C18H16ClN3O2. The maximum Gasteiger partial charge on any atom is 0.238 e. The summed E-state index contributed by atoms with van der Waals surface area (Å²) in [5.41, 5.74) is 2.34. The fourth-order valence-electron chi connectivity index (χ4n) is 2.33. The molecule has 1 amide bonds. The minimum Gasteiger partial charge on any atom is -0.437 e. The van der Waals surface area contributed by atoms with Crippen LogP contribution in [0.1, 0.15) is 18.4 Å². The lowest BCUT2D eigenvalue weighted by molar-refractivity contribution is -0.121. The molecule has 1 N–H and O–H groups in total. The molecule has 0 radical (unpaired) electrons. The summed E-state index contributed by atoms with van der Waals surface area (Å²) in [6.07, 6.45) is 1.56. The molecule has 1 atom stereocenters. The van der Waals surface area contributed by atoms with Gasteiger partial charge in [-0.05, 0) is 42.8 Å². The number of aromatic nitrogens is 2. The molecule has 1 aromatic heterocycles. The van der Waals surface area contributed by atoms with Crippen molar-refractivity contribution in [3.05, 3.63) is 59.2 Å². The molecule has 0 saturated heterocycles. The van der Waals surface area contributed by atoms with Gasteiger partial charge in [0, 0.05) is 12.1 Å². The second-order valence-corrected chi connectivity index (χ2v) is 5.78.